The van der Waals surface area contributed by atoms with Crippen LogP contribution >= 0.6 is 0 Å². The fourth-order valence-electron chi connectivity index (χ4n) is 3.67. The Morgan fingerprint density at radius 3 is 1.93 bits per heavy atom. The van der Waals surface area contributed by atoms with Gasteiger partial charge in [0.1, 0.15) is 55.4 Å². The van der Waals surface area contributed by atoms with Crippen molar-refractivity contribution < 1.29 is 54.4 Å². The molecule has 2 aliphatic rings. The summed E-state index contributed by atoms with van der Waals surface area (Å²) in [5.74, 6) is -0.332. The van der Waals surface area contributed by atoms with E-state index < -0.39 is 79.9 Å². The summed E-state index contributed by atoms with van der Waals surface area (Å²) in [6, 6.07) is 0. The normalized spacial score (nSPS) is 42.9. The summed E-state index contributed by atoms with van der Waals surface area (Å²) in [6.07, 6.45) is -12.9. The van der Waals surface area contributed by atoms with Gasteiger partial charge in [-0.1, -0.05) is 20.8 Å². The summed E-state index contributed by atoms with van der Waals surface area (Å²) in [4.78, 5) is 11.2. The van der Waals surface area contributed by atoms with Crippen LogP contribution in [-0.2, 0) is 23.7 Å². The van der Waals surface area contributed by atoms with E-state index in [1.54, 1.807) is 0 Å². The number of hydrogen-bond donors (Lipinski definition) is 6. The van der Waals surface area contributed by atoms with Gasteiger partial charge in [-0.2, -0.15) is 0 Å². The highest BCUT2D eigenvalue weighted by Gasteiger charge is 2.53. The lowest BCUT2D eigenvalue weighted by molar-refractivity contribution is -0.350. The number of rotatable bonds is 7. The fourth-order valence-corrected chi connectivity index (χ4v) is 3.67. The van der Waals surface area contributed by atoms with E-state index in [-0.39, 0.29) is 12.4 Å². The van der Waals surface area contributed by atoms with E-state index in [1.165, 1.54) is 6.92 Å². The van der Waals surface area contributed by atoms with Crippen LogP contribution in [0, 0.1) is 5.41 Å². The first-order chi connectivity index (χ1) is 13.9. The minimum atomic E-state index is -1.57. The Morgan fingerprint density at radius 2 is 1.43 bits per heavy atom. The molecule has 30 heavy (non-hydrogen) atoms. The molecule has 0 aromatic carbocycles. The molecule has 0 spiro atoms. The second kappa shape index (κ2) is 10.3. The summed E-state index contributed by atoms with van der Waals surface area (Å²) in [5, 5.41) is 60.8. The third kappa shape index (κ3) is 5.54. The Bertz CT molecular complexity index is 565. The number of aliphatic hydroxyl groups is 6. The third-order valence-corrected chi connectivity index (χ3v) is 5.31. The maximum atomic E-state index is 11.2. The Morgan fingerprint density at radius 1 is 0.867 bits per heavy atom. The van der Waals surface area contributed by atoms with E-state index in [0.29, 0.717) is 0 Å². The lowest BCUT2D eigenvalue weighted by atomic mass is 9.80. The van der Waals surface area contributed by atoms with Gasteiger partial charge >= 0.3 is 0 Å². The SMILES string of the molecule is CC(=O)CO[C@@H]1[C@H](O)[C@@H](O[C@@H]2C(C(C)(C)C)O[C@@H](CO)[C@@H](O)[C@@H]2O)O[C@H](CO)[C@H]1O. The van der Waals surface area contributed by atoms with Crippen molar-refractivity contribution in [1.29, 1.82) is 0 Å². The molecule has 0 aliphatic carbocycles. The number of carbonyl (C=O) groups excluding carboxylic acids is 1. The monoisotopic (exact) mass is 438 g/mol. The highest BCUT2D eigenvalue weighted by molar-refractivity contribution is 5.76. The van der Waals surface area contributed by atoms with Gasteiger partial charge in [0.05, 0.1) is 19.3 Å². The first kappa shape index (κ1) is 25.5. The number of aliphatic hydroxyl groups excluding tert-OH is 6. The van der Waals surface area contributed by atoms with E-state index in [1.807, 2.05) is 20.8 Å². The number of ketones is 1. The van der Waals surface area contributed by atoms with E-state index >= 15 is 0 Å². The molecule has 0 bridgehead atoms. The Balaban J connectivity index is 2.25. The first-order valence-corrected chi connectivity index (χ1v) is 9.93. The van der Waals surface area contributed by atoms with E-state index in [2.05, 4.69) is 0 Å². The fraction of sp³-hybridized carbons (Fsp3) is 0.947. The summed E-state index contributed by atoms with van der Waals surface area (Å²) in [7, 11) is 0. The Hall–Kier alpha value is -0.730. The van der Waals surface area contributed by atoms with Crippen LogP contribution in [0.1, 0.15) is 27.7 Å². The summed E-state index contributed by atoms with van der Waals surface area (Å²) < 4.78 is 22.3. The molecule has 0 aromatic rings. The molecule has 0 aromatic heterocycles. The Labute approximate surface area is 175 Å². The van der Waals surface area contributed by atoms with Gasteiger partial charge < -0.3 is 49.6 Å². The molecule has 2 heterocycles. The quantitative estimate of drug-likeness (QED) is 0.244. The molecule has 11 nitrogen and oxygen atoms in total. The van der Waals surface area contributed by atoms with Crippen molar-refractivity contribution in [3.63, 3.8) is 0 Å². The minimum absolute atomic E-state index is 0.332. The van der Waals surface area contributed by atoms with Gasteiger partial charge in [0.15, 0.2) is 12.1 Å². The second-order valence-corrected chi connectivity index (χ2v) is 8.91. The van der Waals surface area contributed by atoms with E-state index in [9.17, 15) is 35.4 Å². The van der Waals surface area contributed by atoms with Crippen molar-refractivity contribution in [2.45, 2.75) is 88.9 Å². The van der Waals surface area contributed by atoms with Gasteiger partial charge in [-0.05, 0) is 12.3 Å². The van der Waals surface area contributed by atoms with Crippen LogP contribution in [0.3, 0.4) is 0 Å². The molecule has 11 heteroatoms. The van der Waals surface area contributed by atoms with Crippen molar-refractivity contribution in [1.82, 2.24) is 0 Å². The van der Waals surface area contributed by atoms with Gasteiger partial charge in [-0.15, -0.1) is 0 Å². The maximum Gasteiger partial charge on any atom is 0.187 e. The van der Waals surface area contributed by atoms with Crippen LogP contribution in [0.15, 0.2) is 0 Å². The van der Waals surface area contributed by atoms with Crippen LogP contribution < -0.4 is 0 Å². The van der Waals surface area contributed by atoms with Crippen molar-refractivity contribution in [3.05, 3.63) is 0 Å². The van der Waals surface area contributed by atoms with Crippen molar-refractivity contribution in [3.8, 4) is 0 Å². The Kier molecular flexibility index (Phi) is 8.73. The zero-order valence-corrected chi connectivity index (χ0v) is 17.6. The zero-order valence-electron chi connectivity index (χ0n) is 17.6. The average molecular weight is 438 g/mol. The molecular formula is C19H34O11. The molecule has 176 valence electrons. The molecule has 0 amide bonds. The van der Waals surface area contributed by atoms with Crippen molar-refractivity contribution in [2.75, 3.05) is 19.8 Å². The molecule has 2 saturated heterocycles. The molecular weight excluding hydrogens is 404 g/mol. The first-order valence-electron chi connectivity index (χ1n) is 9.93. The zero-order chi connectivity index (χ0) is 22.8. The number of Topliss-reactive ketones (excluding diaryl/α,β-unsaturated/α-hetero) is 1. The lowest BCUT2D eigenvalue weighted by Crippen LogP contribution is -2.66. The van der Waals surface area contributed by atoms with Gasteiger partial charge in [0.25, 0.3) is 0 Å². The minimum Gasteiger partial charge on any atom is -0.394 e. The summed E-state index contributed by atoms with van der Waals surface area (Å²) in [5.41, 5.74) is -0.598. The molecule has 2 fully saturated rings. The molecule has 6 N–H and O–H groups in total. The second-order valence-electron chi connectivity index (χ2n) is 8.91. The highest BCUT2D eigenvalue weighted by Crippen LogP contribution is 2.36. The predicted molar refractivity (Wildman–Crippen MR) is 100 cm³/mol. The van der Waals surface area contributed by atoms with Gasteiger partial charge in [-0.3, -0.25) is 4.79 Å². The highest BCUT2D eigenvalue weighted by atomic mass is 16.7. The largest absolute Gasteiger partial charge is 0.394 e. The topological polar surface area (TPSA) is 175 Å². The smallest absolute Gasteiger partial charge is 0.187 e. The third-order valence-electron chi connectivity index (χ3n) is 5.31. The number of ether oxygens (including phenoxy) is 4. The van der Waals surface area contributed by atoms with Crippen molar-refractivity contribution in [2.24, 2.45) is 5.41 Å². The van der Waals surface area contributed by atoms with Crippen LogP contribution in [-0.4, -0.2) is 117 Å². The van der Waals surface area contributed by atoms with Gasteiger partial charge in [-0.25, -0.2) is 0 Å². The maximum absolute atomic E-state index is 11.2. The summed E-state index contributed by atoms with van der Waals surface area (Å²) in [6.45, 7) is 5.20. The van der Waals surface area contributed by atoms with E-state index in [4.69, 9.17) is 18.9 Å². The van der Waals surface area contributed by atoms with Crippen LogP contribution in [0.2, 0.25) is 0 Å². The molecule has 0 saturated carbocycles. The molecule has 2 rings (SSSR count). The standard InChI is InChI=1S/C19H34O11/c1-8(22)7-27-15-12(24)10(6-21)29-18(14(15)26)30-16-13(25)11(23)9(5-20)28-17(16)19(2,3)4/h9-18,20-21,23-26H,5-7H2,1-4H3/t9-,10+,11+,12+,13-,14-,15-,16-,17?,18+/m0/s1. The van der Waals surface area contributed by atoms with Gasteiger partial charge in [0, 0.05) is 0 Å². The average Bonchev–Trinajstić information content (AvgIpc) is 2.66. The molecule has 10 atom stereocenters. The van der Waals surface area contributed by atoms with Crippen molar-refractivity contribution >= 4 is 5.78 Å². The van der Waals surface area contributed by atoms with Crippen LogP contribution in [0.5, 0.6) is 0 Å². The van der Waals surface area contributed by atoms with Crippen LogP contribution in [0.25, 0.3) is 0 Å². The molecule has 2 aliphatic heterocycles. The van der Waals surface area contributed by atoms with Gasteiger partial charge in [0.2, 0.25) is 0 Å². The lowest BCUT2D eigenvalue weighted by Gasteiger charge is -2.49. The van der Waals surface area contributed by atoms with Crippen LogP contribution in [0.4, 0.5) is 0 Å². The number of hydrogen-bond acceptors (Lipinski definition) is 11. The van der Waals surface area contributed by atoms with E-state index in [0.717, 1.165) is 0 Å². The summed E-state index contributed by atoms with van der Waals surface area (Å²) >= 11 is 0. The molecule has 0 radical (unpaired) electrons. The number of carbonyl (C=O) groups is 1. The molecule has 1 unspecified atom stereocenters. The predicted octanol–water partition coefficient (Wildman–Crippen LogP) is -2.69.